The lowest BCUT2D eigenvalue weighted by molar-refractivity contribution is -0.123. The van der Waals surface area contributed by atoms with Gasteiger partial charge >= 0.3 is 0 Å². The number of hydrogen-bond donors (Lipinski definition) is 2. The largest absolute Gasteiger partial charge is 0.415 e. The van der Waals surface area contributed by atoms with Crippen molar-refractivity contribution < 1.29 is 18.0 Å². The molecule has 4 aromatic carbocycles. The molecule has 0 aliphatic heterocycles. The summed E-state index contributed by atoms with van der Waals surface area (Å²) in [6, 6.07) is 36.3. The molecule has 7 aromatic rings. The van der Waals surface area contributed by atoms with Crippen LogP contribution in [0.2, 0.25) is 0 Å². The van der Waals surface area contributed by atoms with Crippen molar-refractivity contribution in [3.8, 4) is 5.44 Å². The van der Waals surface area contributed by atoms with Gasteiger partial charge in [0, 0.05) is 47.8 Å². The van der Waals surface area contributed by atoms with Gasteiger partial charge in [0.25, 0.3) is 8.01 Å². The molecule has 7 rings (SSSR count). The lowest BCUT2D eigenvalue weighted by Crippen LogP contribution is -2.35. The standard InChI is InChI=1S/C30H25N2O3P.C18H33N4OP.2CH4/c1-30(2,3)29(33)32-25-13-8-14-26(31-25)36-34-23-17-15-19-9-4-6-11-21(19)27(23)28-22-12-7-5-10-20(22)16-18-24(28)35-36;1-8-21(9-2)24(22(10-3)11-4)16-14-12-13-15(19-16)20-17(23)18(5,6)7;;/h4-18H,1-3H3,(H,31,32,33);12-14H,8-11H2,1-7H3,(H,19,20,23);2*1H4. The number of nitrogens with zero attached hydrogens (tertiary/aromatic N) is 4. The Kier molecular flexibility index (Phi) is 17.0. The molecule has 0 bridgehead atoms. The van der Waals surface area contributed by atoms with Crippen molar-refractivity contribution in [2.75, 3.05) is 36.8 Å². The van der Waals surface area contributed by atoms with Gasteiger partial charge in [-0.15, -0.1) is 0 Å². The van der Waals surface area contributed by atoms with Gasteiger partial charge in [-0.1, -0.05) is 157 Å². The molecule has 0 unspecified atom stereocenters. The van der Waals surface area contributed by atoms with E-state index in [-0.39, 0.29) is 26.7 Å². The highest BCUT2D eigenvalue weighted by Gasteiger charge is 2.27. The fourth-order valence-electron chi connectivity index (χ4n) is 6.72. The van der Waals surface area contributed by atoms with E-state index in [1.165, 1.54) is 0 Å². The molecule has 0 atom stereocenters. The van der Waals surface area contributed by atoms with Crippen LogP contribution in [0.25, 0.3) is 48.9 Å². The molecule has 12 heteroatoms. The number of carbonyl (C=O) groups is 2. The molecule has 0 saturated heterocycles. The number of amides is 2. The van der Waals surface area contributed by atoms with Gasteiger partial charge < -0.3 is 19.0 Å². The Morgan fingerprint density at radius 3 is 1.42 bits per heavy atom. The third kappa shape index (κ3) is 11.3. The summed E-state index contributed by atoms with van der Waals surface area (Å²) < 4.78 is 18.1. The van der Waals surface area contributed by atoms with Crippen LogP contribution in [0.1, 0.15) is 84.1 Å². The van der Waals surface area contributed by atoms with Crippen molar-refractivity contribution in [2.45, 2.75) is 84.1 Å². The minimum Gasteiger partial charge on any atom is -0.415 e. The van der Waals surface area contributed by atoms with Crippen molar-refractivity contribution >= 4 is 88.6 Å². The molecule has 2 amide bonds. The average Bonchev–Trinajstić information content (AvgIpc) is 3.41. The summed E-state index contributed by atoms with van der Waals surface area (Å²) in [4.78, 5) is 34.3. The fourth-order valence-corrected chi connectivity index (χ4v) is 10.4. The maximum Gasteiger partial charge on any atom is 0.272 e. The van der Waals surface area contributed by atoms with E-state index in [1.54, 1.807) is 6.07 Å². The summed E-state index contributed by atoms with van der Waals surface area (Å²) in [5.41, 5.74) is 2.22. The van der Waals surface area contributed by atoms with Crippen LogP contribution in [0.4, 0.5) is 11.6 Å². The van der Waals surface area contributed by atoms with E-state index in [4.69, 9.17) is 18.4 Å². The summed E-state index contributed by atoms with van der Waals surface area (Å²) in [7, 11) is -2.26. The third-order valence-electron chi connectivity index (χ3n) is 10.1. The van der Waals surface area contributed by atoms with Crippen LogP contribution in [0.15, 0.2) is 118 Å². The summed E-state index contributed by atoms with van der Waals surface area (Å²) in [5, 5.41) is 12.4. The Balaban J connectivity index is 0.000000287. The first-order valence-corrected chi connectivity index (χ1v) is 23.2. The number of carbonyl (C=O) groups excluding carboxylic acids is 2. The minimum absolute atomic E-state index is 0. The highest BCUT2D eigenvalue weighted by atomic mass is 31.1. The first-order chi connectivity index (χ1) is 28.7. The number of benzene rings is 4. The summed E-state index contributed by atoms with van der Waals surface area (Å²) in [6.07, 6.45) is 0. The van der Waals surface area contributed by atoms with Crippen molar-refractivity contribution in [1.29, 1.82) is 0 Å². The van der Waals surface area contributed by atoms with Crippen LogP contribution in [0.5, 0.6) is 0 Å². The summed E-state index contributed by atoms with van der Waals surface area (Å²) in [6.45, 7) is 24.0. The van der Waals surface area contributed by atoms with E-state index >= 15 is 0 Å². The van der Waals surface area contributed by atoms with Crippen LogP contribution < -0.4 is 16.1 Å². The zero-order chi connectivity index (χ0) is 43.2. The summed E-state index contributed by atoms with van der Waals surface area (Å²) >= 11 is 0. The molecule has 2 N–H and O–H groups in total. The van der Waals surface area contributed by atoms with Crippen molar-refractivity contribution in [2.24, 2.45) is 10.8 Å². The smallest absolute Gasteiger partial charge is 0.272 e. The number of aromatic nitrogens is 2. The van der Waals surface area contributed by atoms with Gasteiger partial charge in [0.05, 0.1) is 13.7 Å². The van der Waals surface area contributed by atoms with Crippen LogP contribution in [0.3, 0.4) is 0 Å². The number of anilines is 2. The van der Waals surface area contributed by atoms with Crippen LogP contribution in [0, 0.1) is 10.8 Å². The van der Waals surface area contributed by atoms with Crippen molar-refractivity contribution in [3.63, 3.8) is 0 Å². The Hall–Kier alpha value is -5.11. The second-order valence-electron chi connectivity index (χ2n) is 16.5. The van der Waals surface area contributed by atoms with E-state index in [2.05, 4.69) is 90.1 Å². The monoisotopic (exact) mass is 876 g/mol. The maximum absolute atomic E-state index is 12.5. The number of fused-ring (bicyclic) bond motifs is 7. The Labute approximate surface area is 370 Å². The van der Waals surface area contributed by atoms with Crippen molar-refractivity contribution in [1.82, 2.24) is 19.3 Å². The molecular weight excluding hydrogens is 811 g/mol. The van der Waals surface area contributed by atoms with Gasteiger partial charge in [0.15, 0.2) is 5.44 Å². The predicted molar refractivity (Wildman–Crippen MR) is 267 cm³/mol. The van der Waals surface area contributed by atoms with E-state index in [9.17, 15) is 9.59 Å². The van der Waals surface area contributed by atoms with Gasteiger partial charge in [-0.05, 0) is 57.9 Å². The fraction of sp³-hybridized carbons (Fsp3) is 0.360. The zero-order valence-corrected chi connectivity index (χ0v) is 38.3. The normalized spacial score (nSPS) is 11.6. The van der Waals surface area contributed by atoms with Crippen LogP contribution >= 0.6 is 16.2 Å². The first kappa shape index (κ1) is 49.5. The molecule has 0 spiro atoms. The summed E-state index contributed by atoms with van der Waals surface area (Å²) in [5.74, 6) is 1.00. The minimum atomic E-state index is -1.61. The zero-order valence-electron chi connectivity index (χ0n) is 36.5. The molecule has 62 heavy (non-hydrogen) atoms. The Morgan fingerprint density at radius 2 is 0.984 bits per heavy atom. The second-order valence-corrected chi connectivity index (χ2v) is 20.0. The molecule has 0 aliphatic rings. The van der Waals surface area contributed by atoms with E-state index in [0.717, 1.165) is 75.1 Å². The molecule has 3 aromatic heterocycles. The Morgan fingerprint density at radius 1 is 0.565 bits per heavy atom. The molecule has 0 fully saturated rings. The number of rotatable bonds is 10. The number of hydrogen-bond acceptors (Lipinski definition) is 8. The molecule has 3 heterocycles. The number of pyridine rings is 2. The Bertz CT molecular complexity index is 2550. The third-order valence-corrected chi connectivity index (χ3v) is 14.3. The topological polar surface area (TPSA) is 117 Å². The maximum atomic E-state index is 12.5. The van der Waals surface area contributed by atoms with Crippen LogP contribution in [-0.4, -0.2) is 57.3 Å². The highest BCUT2D eigenvalue weighted by molar-refractivity contribution is 7.60. The van der Waals surface area contributed by atoms with Gasteiger partial charge in [-0.2, -0.15) is 0 Å². The highest BCUT2D eigenvalue weighted by Crippen LogP contribution is 2.45. The van der Waals surface area contributed by atoms with Crippen molar-refractivity contribution in [3.05, 3.63) is 109 Å². The molecule has 0 radical (unpaired) electrons. The average molecular weight is 877 g/mol. The van der Waals surface area contributed by atoms with Gasteiger partial charge in [-0.25, -0.2) is 9.97 Å². The first-order valence-electron chi connectivity index (χ1n) is 20.7. The van der Waals surface area contributed by atoms with Gasteiger partial charge in [0.2, 0.25) is 11.8 Å². The van der Waals surface area contributed by atoms with Crippen LogP contribution in [-0.2, 0) is 9.59 Å². The second kappa shape index (κ2) is 21.3. The predicted octanol–water partition coefficient (Wildman–Crippen LogP) is 13.9. The molecule has 0 saturated carbocycles. The quantitative estimate of drug-likeness (QED) is 0.131. The van der Waals surface area contributed by atoms with E-state index in [1.807, 2.05) is 102 Å². The molecule has 0 aliphatic carbocycles. The lowest BCUT2D eigenvalue weighted by Gasteiger charge is -2.37. The van der Waals surface area contributed by atoms with E-state index < -0.39 is 27.1 Å². The molecule has 330 valence electrons. The lowest BCUT2D eigenvalue weighted by atomic mass is 9.96. The molecular formula is C50H66N6O4P2. The molecule has 10 nitrogen and oxygen atoms in total. The number of nitrogens with one attached hydrogen (secondary N) is 2. The van der Waals surface area contributed by atoms with E-state index in [0.29, 0.717) is 17.1 Å². The van der Waals surface area contributed by atoms with Gasteiger partial charge in [0.1, 0.15) is 22.8 Å². The SMILES string of the molecule is C.C.CC(C)(C)C(=O)Nc1cccc(-p2oc3ccc4ccccc4c3c3c(ccc4ccccc43)o2)n1.CCN(CC)P(c1cccc(NC(=O)C(C)(C)C)n1)N(CC)CC. The van der Waals surface area contributed by atoms with Gasteiger partial charge in [-0.3, -0.25) is 18.9 Å².